The largest absolute Gasteiger partial charge is 0.380 e. The predicted molar refractivity (Wildman–Crippen MR) is 32.8 cm³/mol. The highest BCUT2D eigenvalue weighted by Gasteiger charge is 2.19. The van der Waals surface area contributed by atoms with Crippen molar-refractivity contribution in [2.24, 2.45) is 0 Å². The molecule has 1 rings (SSSR count). The molecule has 0 aromatic rings. The van der Waals surface area contributed by atoms with E-state index in [1.165, 1.54) is 0 Å². The quantitative estimate of drug-likeness (QED) is 0.495. The van der Waals surface area contributed by atoms with Crippen LogP contribution in [0.25, 0.3) is 0 Å². The second-order valence-corrected chi connectivity index (χ2v) is 2.49. The standard InChI is InChI=1S/C5H10ClNO/c1-8-5-2-3-7(6)4-5/h5H,2-4H2,1H3/t5-/m0/s1. The first-order valence-electron chi connectivity index (χ1n) is 2.76. The van der Waals surface area contributed by atoms with Crippen molar-refractivity contribution in [2.45, 2.75) is 12.5 Å². The first kappa shape index (κ1) is 6.33. The Labute approximate surface area is 54.5 Å². The minimum atomic E-state index is 0.368. The summed E-state index contributed by atoms with van der Waals surface area (Å²) in [5.41, 5.74) is 0. The highest BCUT2D eigenvalue weighted by atomic mass is 35.5. The van der Waals surface area contributed by atoms with Crippen LogP contribution >= 0.6 is 11.8 Å². The van der Waals surface area contributed by atoms with Gasteiger partial charge in [0, 0.05) is 20.2 Å². The van der Waals surface area contributed by atoms with E-state index in [2.05, 4.69) is 0 Å². The van der Waals surface area contributed by atoms with E-state index in [0.717, 1.165) is 19.5 Å². The smallest absolute Gasteiger partial charge is 0.0724 e. The minimum Gasteiger partial charge on any atom is -0.380 e. The summed E-state index contributed by atoms with van der Waals surface area (Å²) in [6.07, 6.45) is 1.44. The zero-order chi connectivity index (χ0) is 5.98. The Balaban J connectivity index is 2.22. The molecule has 48 valence electrons. The summed E-state index contributed by atoms with van der Waals surface area (Å²) in [6, 6.07) is 0. The third-order valence-corrected chi connectivity index (χ3v) is 1.74. The van der Waals surface area contributed by atoms with Crippen LogP contribution in [0.1, 0.15) is 6.42 Å². The molecule has 0 aliphatic carbocycles. The number of methoxy groups -OCH3 is 1. The summed E-state index contributed by atoms with van der Waals surface area (Å²) in [5.74, 6) is 0. The molecule has 1 fully saturated rings. The van der Waals surface area contributed by atoms with Crippen molar-refractivity contribution in [2.75, 3.05) is 20.2 Å². The van der Waals surface area contributed by atoms with Crippen LogP contribution in [-0.4, -0.2) is 30.7 Å². The van der Waals surface area contributed by atoms with Crippen LogP contribution in [0.3, 0.4) is 0 Å². The van der Waals surface area contributed by atoms with Gasteiger partial charge in [0.1, 0.15) is 0 Å². The lowest BCUT2D eigenvalue weighted by molar-refractivity contribution is 0.115. The second-order valence-electron chi connectivity index (χ2n) is 2.02. The second kappa shape index (κ2) is 2.67. The molecular formula is C5H10ClNO. The predicted octanol–water partition coefficient (Wildman–Crippen LogP) is 0.861. The molecular weight excluding hydrogens is 126 g/mol. The van der Waals surface area contributed by atoms with Gasteiger partial charge in [0.15, 0.2) is 0 Å². The van der Waals surface area contributed by atoms with Gasteiger partial charge in [0.2, 0.25) is 0 Å². The molecule has 0 spiro atoms. The average molecular weight is 136 g/mol. The normalized spacial score (nSPS) is 31.5. The number of rotatable bonds is 1. The third-order valence-electron chi connectivity index (χ3n) is 1.43. The Morgan fingerprint density at radius 1 is 1.75 bits per heavy atom. The van der Waals surface area contributed by atoms with Crippen LogP contribution in [0, 0.1) is 0 Å². The van der Waals surface area contributed by atoms with Crippen LogP contribution in [0.2, 0.25) is 0 Å². The van der Waals surface area contributed by atoms with Crippen molar-refractivity contribution in [3.63, 3.8) is 0 Å². The Morgan fingerprint density at radius 3 is 2.75 bits per heavy atom. The minimum absolute atomic E-state index is 0.368. The van der Waals surface area contributed by atoms with E-state index in [9.17, 15) is 0 Å². The SMILES string of the molecule is CO[C@H]1CCN(Cl)C1. The lowest BCUT2D eigenvalue weighted by atomic mass is 10.3. The number of halogens is 1. The van der Waals surface area contributed by atoms with E-state index >= 15 is 0 Å². The maximum absolute atomic E-state index is 5.64. The molecule has 3 heteroatoms. The van der Waals surface area contributed by atoms with Gasteiger partial charge in [-0.3, -0.25) is 0 Å². The van der Waals surface area contributed by atoms with Gasteiger partial charge < -0.3 is 4.74 Å². The Bertz CT molecular complexity index is 78.8. The van der Waals surface area contributed by atoms with E-state index < -0.39 is 0 Å². The fourth-order valence-electron chi connectivity index (χ4n) is 0.880. The van der Waals surface area contributed by atoms with E-state index in [-0.39, 0.29) is 0 Å². The van der Waals surface area contributed by atoms with Crippen LogP contribution in [0.5, 0.6) is 0 Å². The van der Waals surface area contributed by atoms with E-state index in [1.54, 1.807) is 11.5 Å². The molecule has 0 saturated carbocycles. The van der Waals surface area contributed by atoms with E-state index in [1.807, 2.05) is 0 Å². The lowest BCUT2D eigenvalue weighted by Gasteiger charge is -2.04. The molecule has 0 aromatic heterocycles. The maximum atomic E-state index is 5.64. The fourth-order valence-corrected chi connectivity index (χ4v) is 1.13. The highest BCUT2D eigenvalue weighted by Crippen LogP contribution is 2.12. The number of ether oxygens (including phenoxy) is 1. The van der Waals surface area contributed by atoms with E-state index in [0.29, 0.717) is 6.10 Å². The van der Waals surface area contributed by atoms with Gasteiger partial charge in [-0.25, -0.2) is 4.42 Å². The molecule has 0 radical (unpaired) electrons. The van der Waals surface area contributed by atoms with Crippen molar-refractivity contribution in [1.29, 1.82) is 0 Å². The Kier molecular flexibility index (Phi) is 2.11. The summed E-state index contributed by atoms with van der Waals surface area (Å²) in [6.45, 7) is 1.83. The van der Waals surface area contributed by atoms with Crippen LogP contribution in [-0.2, 0) is 4.74 Å². The molecule has 1 atom stereocenters. The molecule has 2 nitrogen and oxygen atoms in total. The number of hydrogen-bond acceptors (Lipinski definition) is 2. The summed E-state index contributed by atoms with van der Waals surface area (Å²) in [5, 5.41) is 0. The molecule has 0 unspecified atom stereocenters. The van der Waals surface area contributed by atoms with Gasteiger partial charge in [0.05, 0.1) is 6.10 Å². The summed E-state index contributed by atoms with van der Waals surface area (Å²) < 4.78 is 6.81. The summed E-state index contributed by atoms with van der Waals surface area (Å²) in [4.78, 5) is 0. The first-order valence-corrected chi connectivity index (χ1v) is 3.10. The Hall–Kier alpha value is 0.210. The molecule has 0 bridgehead atoms. The maximum Gasteiger partial charge on any atom is 0.0724 e. The average Bonchev–Trinajstić information content (AvgIpc) is 2.14. The van der Waals surface area contributed by atoms with Gasteiger partial charge in [0.25, 0.3) is 0 Å². The Morgan fingerprint density at radius 2 is 2.50 bits per heavy atom. The number of hydrogen-bond donors (Lipinski definition) is 0. The van der Waals surface area contributed by atoms with Crippen molar-refractivity contribution in [3.8, 4) is 0 Å². The highest BCUT2D eigenvalue weighted by molar-refractivity contribution is 6.13. The number of nitrogens with zero attached hydrogens (tertiary/aromatic N) is 1. The lowest BCUT2D eigenvalue weighted by Crippen LogP contribution is -2.13. The van der Waals surface area contributed by atoms with Crippen LogP contribution < -0.4 is 0 Å². The molecule has 1 saturated heterocycles. The van der Waals surface area contributed by atoms with Crippen molar-refractivity contribution in [1.82, 2.24) is 4.42 Å². The van der Waals surface area contributed by atoms with Crippen molar-refractivity contribution in [3.05, 3.63) is 0 Å². The topological polar surface area (TPSA) is 12.5 Å². The van der Waals surface area contributed by atoms with Gasteiger partial charge in [-0.15, -0.1) is 0 Å². The van der Waals surface area contributed by atoms with Crippen LogP contribution in [0.15, 0.2) is 0 Å². The fraction of sp³-hybridized carbons (Fsp3) is 1.00. The van der Waals surface area contributed by atoms with E-state index in [4.69, 9.17) is 16.5 Å². The summed E-state index contributed by atoms with van der Waals surface area (Å²) >= 11 is 5.64. The summed E-state index contributed by atoms with van der Waals surface area (Å²) in [7, 11) is 1.72. The molecule has 0 aromatic carbocycles. The molecule has 1 heterocycles. The molecule has 8 heavy (non-hydrogen) atoms. The molecule has 1 aliphatic heterocycles. The zero-order valence-corrected chi connectivity index (χ0v) is 5.69. The van der Waals surface area contributed by atoms with Crippen molar-refractivity contribution < 1.29 is 4.74 Å². The van der Waals surface area contributed by atoms with Crippen molar-refractivity contribution >= 4 is 11.8 Å². The van der Waals surface area contributed by atoms with Gasteiger partial charge in [-0.1, -0.05) is 0 Å². The molecule has 1 aliphatic rings. The van der Waals surface area contributed by atoms with Crippen LogP contribution in [0.4, 0.5) is 0 Å². The van der Waals surface area contributed by atoms with Gasteiger partial charge in [-0.2, -0.15) is 0 Å². The third kappa shape index (κ3) is 1.34. The molecule has 0 N–H and O–H groups in total. The van der Waals surface area contributed by atoms with Gasteiger partial charge in [-0.05, 0) is 18.2 Å². The monoisotopic (exact) mass is 135 g/mol. The molecule has 0 amide bonds. The zero-order valence-electron chi connectivity index (χ0n) is 4.93. The first-order chi connectivity index (χ1) is 3.83. The van der Waals surface area contributed by atoms with Gasteiger partial charge >= 0.3 is 0 Å².